The number of hydrogen-bond donors (Lipinski definition) is 0. The van der Waals surface area contributed by atoms with Crippen LogP contribution in [0.3, 0.4) is 0 Å². The van der Waals surface area contributed by atoms with Gasteiger partial charge in [0.15, 0.2) is 0 Å². The zero-order valence-corrected chi connectivity index (χ0v) is 29.5. The van der Waals surface area contributed by atoms with Crippen LogP contribution in [0.25, 0.3) is 93.6 Å². The number of nitriles is 2. The number of benzene rings is 8. The molecule has 8 aromatic carbocycles. The number of nitrogens with zero attached hydrogens (tertiary/aromatic N) is 5. The Hall–Kier alpha value is -7.86. The van der Waals surface area contributed by atoms with Crippen LogP contribution in [-0.2, 0) is 0 Å². The van der Waals surface area contributed by atoms with E-state index in [9.17, 15) is 10.5 Å². The molecular formula is C50H29N5. The Kier molecular flexibility index (Phi) is 6.61. The zero-order chi connectivity index (χ0) is 36.6. The molecule has 3 heterocycles. The summed E-state index contributed by atoms with van der Waals surface area (Å²) in [6.45, 7) is 0. The van der Waals surface area contributed by atoms with Crippen molar-refractivity contribution in [1.82, 2.24) is 13.7 Å². The Morgan fingerprint density at radius 1 is 0.345 bits per heavy atom. The second kappa shape index (κ2) is 11.8. The van der Waals surface area contributed by atoms with Crippen LogP contribution in [-0.4, -0.2) is 13.7 Å². The second-order valence-corrected chi connectivity index (χ2v) is 14.0. The van der Waals surface area contributed by atoms with Gasteiger partial charge in [0.25, 0.3) is 0 Å². The molecule has 0 N–H and O–H groups in total. The Labute approximate surface area is 316 Å². The van der Waals surface area contributed by atoms with Crippen molar-refractivity contribution < 1.29 is 0 Å². The van der Waals surface area contributed by atoms with Gasteiger partial charge in [-0.2, -0.15) is 10.5 Å². The summed E-state index contributed by atoms with van der Waals surface area (Å²) in [5.74, 6) is 0. The van der Waals surface area contributed by atoms with Crippen molar-refractivity contribution >= 4 is 65.4 Å². The average Bonchev–Trinajstić information content (AvgIpc) is 3.88. The molecule has 0 fully saturated rings. The SMILES string of the molecule is N#Cc1ccc2c(c1)c1ccccc1n2-c1ccccc1-c1ccc(-n2c3ccccc3c3cc(-n4c5ccccc5c5ccccc54)ccc32)c(C#N)c1. The number of hydrogen-bond acceptors (Lipinski definition) is 2. The maximum atomic E-state index is 10.8. The minimum Gasteiger partial charge on any atom is -0.309 e. The Bertz CT molecular complexity index is 3420. The van der Waals surface area contributed by atoms with Crippen LogP contribution in [0.1, 0.15) is 11.1 Å². The van der Waals surface area contributed by atoms with Crippen molar-refractivity contribution in [1.29, 1.82) is 10.5 Å². The van der Waals surface area contributed by atoms with Crippen molar-refractivity contribution in [3.8, 4) is 40.3 Å². The Morgan fingerprint density at radius 3 is 1.45 bits per heavy atom. The molecule has 0 aliphatic rings. The fraction of sp³-hybridized carbons (Fsp3) is 0. The highest BCUT2D eigenvalue weighted by Crippen LogP contribution is 2.40. The first-order valence-corrected chi connectivity index (χ1v) is 18.3. The summed E-state index contributed by atoms with van der Waals surface area (Å²) in [5.41, 5.74) is 12.6. The molecule has 11 aromatic rings. The van der Waals surface area contributed by atoms with Crippen LogP contribution in [0.5, 0.6) is 0 Å². The van der Waals surface area contributed by atoms with Gasteiger partial charge in [-0.25, -0.2) is 0 Å². The lowest BCUT2D eigenvalue weighted by molar-refractivity contribution is 1.16. The minimum atomic E-state index is 0.585. The molecule has 3 aromatic heterocycles. The van der Waals surface area contributed by atoms with E-state index < -0.39 is 0 Å². The molecule has 5 nitrogen and oxygen atoms in total. The first kappa shape index (κ1) is 30.7. The highest BCUT2D eigenvalue weighted by atomic mass is 15.0. The van der Waals surface area contributed by atoms with E-state index in [0.29, 0.717) is 11.1 Å². The van der Waals surface area contributed by atoms with Crippen molar-refractivity contribution in [3.05, 3.63) is 187 Å². The van der Waals surface area contributed by atoms with E-state index in [0.717, 1.165) is 71.8 Å². The van der Waals surface area contributed by atoms with Crippen LogP contribution in [0, 0.1) is 22.7 Å². The van der Waals surface area contributed by atoms with Crippen LogP contribution >= 0.6 is 0 Å². The first-order chi connectivity index (χ1) is 27.2. The standard InChI is InChI=1S/C50H29N5/c51-30-32-21-24-49-41(27-32)39-14-4-10-20-48(39)55(49)44-16-6-1-11-36(44)33-22-25-43(34(28-33)31-52)54-47-19-9-5-15-40(47)42-29-35(23-26-50(42)54)53-45-17-7-2-12-37(45)38-13-3-8-18-46(38)53/h1-29H. The van der Waals surface area contributed by atoms with Crippen molar-refractivity contribution in [2.24, 2.45) is 0 Å². The summed E-state index contributed by atoms with van der Waals surface area (Å²) in [6.07, 6.45) is 0. The van der Waals surface area contributed by atoms with E-state index in [-0.39, 0.29) is 0 Å². The highest BCUT2D eigenvalue weighted by Gasteiger charge is 2.20. The summed E-state index contributed by atoms with van der Waals surface area (Å²) in [6, 6.07) is 65.9. The van der Waals surface area contributed by atoms with Crippen LogP contribution in [0.15, 0.2) is 176 Å². The van der Waals surface area contributed by atoms with Crippen LogP contribution in [0.2, 0.25) is 0 Å². The van der Waals surface area contributed by atoms with Gasteiger partial charge in [0.2, 0.25) is 0 Å². The number of fused-ring (bicyclic) bond motifs is 9. The lowest BCUT2D eigenvalue weighted by atomic mass is 10.00. The lowest BCUT2D eigenvalue weighted by Crippen LogP contribution is -2.00. The number of rotatable bonds is 4. The minimum absolute atomic E-state index is 0.585. The van der Waals surface area contributed by atoms with Gasteiger partial charge in [-0.3, -0.25) is 0 Å². The third-order valence-electron chi connectivity index (χ3n) is 11.1. The van der Waals surface area contributed by atoms with Crippen molar-refractivity contribution in [2.45, 2.75) is 0 Å². The van der Waals surface area contributed by atoms with Gasteiger partial charge < -0.3 is 13.7 Å². The highest BCUT2D eigenvalue weighted by molar-refractivity contribution is 6.13. The van der Waals surface area contributed by atoms with E-state index in [1.165, 1.54) is 21.8 Å². The van der Waals surface area contributed by atoms with Gasteiger partial charge in [0, 0.05) is 43.6 Å². The molecule has 254 valence electrons. The molecule has 0 aliphatic heterocycles. The molecule has 11 rings (SSSR count). The van der Waals surface area contributed by atoms with E-state index >= 15 is 0 Å². The molecule has 0 spiro atoms. The normalized spacial score (nSPS) is 11.6. The fourth-order valence-corrected chi connectivity index (χ4v) is 8.76. The van der Waals surface area contributed by atoms with Crippen LogP contribution < -0.4 is 0 Å². The molecule has 0 bridgehead atoms. The molecule has 0 unspecified atom stereocenters. The third-order valence-corrected chi connectivity index (χ3v) is 11.1. The van der Waals surface area contributed by atoms with E-state index in [2.05, 4.69) is 153 Å². The molecule has 55 heavy (non-hydrogen) atoms. The third kappa shape index (κ3) is 4.45. The summed E-state index contributed by atoms with van der Waals surface area (Å²) < 4.78 is 6.85. The summed E-state index contributed by atoms with van der Waals surface area (Å²) >= 11 is 0. The molecule has 0 atom stereocenters. The predicted octanol–water partition coefficient (Wildman–Crippen LogP) is 12.4. The lowest BCUT2D eigenvalue weighted by Gasteiger charge is -2.16. The molecule has 0 saturated heterocycles. The summed E-state index contributed by atoms with van der Waals surface area (Å²) in [4.78, 5) is 0. The van der Waals surface area contributed by atoms with E-state index in [1.807, 2.05) is 48.5 Å². The molecular weight excluding hydrogens is 671 g/mol. The van der Waals surface area contributed by atoms with Gasteiger partial charge in [0.1, 0.15) is 6.07 Å². The maximum absolute atomic E-state index is 10.8. The Morgan fingerprint density at radius 2 is 0.836 bits per heavy atom. The van der Waals surface area contributed by atoms with E-state index in [1.54, 1.807) is 0 Å². The average molecular weight is 700 g/mol. The summed E-state index contributed by atoms with van der Waals surface area (Å²) in [5, 5.41) is 27.3. The van der Waals surface area contributed by atoms with E-state index in [4.69, 9.17) is 0 Å². The molecule has 0 aliphatic carbocycles. The predicted molar refractivity (Wildman–Crippen MR) is 224 cm³/mol. The molecule has 5 heteroatoms. The maximum Gasteiger partial charge on any atom is 0.101 e. The largest absolute Gasteiger partial charge is 0.309 e. The fourth-order valence-electron chi connectivity index (χ4n) is 8.76. The zero-order valence-electron chi connectivity index (χ0n) is 29.5. The number of aromatic nitrogens is 3. The van der Waals surface area contributed by atoms with Gasteiger partial charge in [-0.1, -0.05) is 97.1 Å². The molecule has 0 amide bonds. The van der Waals surface area contributed by atoms with Gasteiger partial charge in [-0.15, -0.1) is 0 Å². The van der Waals surface area contributed by atoms with Crippen molar-refractivity contribution in [2.75, 3.05) is 0 Å². The topological polar surface area (TPSA) is 62.4 Å². The van der Waals surface area contributed by atoms with Crippen molar-refractivity contribution in [3.63, 3.8) is 0 Å². The van der Waals surface area contributed by atoms with Gasteiger partial charge in [-0.05, 0) is 84.4 Å². The van der Waals surface area contributed by atoms with Crippen LogP contribution in [0.4, 0.5) is 0 Å². The number of para-hydroxylation sites is 5. The quantitative estimate of drug-likeness (QED) is 0.184. The Balaban J connectivity index is 1.10. The summed E-state index contributed by atoms with van der Waals surface area (Å²) in [7, 11) is 0. The monoisotopic (exact) mass is 699 g/mol. The van der Waals surface area contributed by atoms with Gasteiger partial charge >= 0.3 is 0 Å². The second-order valence-electron chi connectivity index (χ2n) is 14.0. The smallest absolute Gasteiger partial charge is 0.101 e. The molecule has 0 saturated carbocycles. The van der Waals surface area contributed by atoms with Gasteiger partial charge in [0.05, 0.1) is 61.7 Å². The first-order valence-electron chi connectivity index (χ1n) is 18.3. The molecule has 0 radical (unpaired) electrons.